The molecule has 2 atom stereocenters. The molecule has 6 heteroatoms. The van der Waals surface area contributed by atoms with E-state index < -0.39 is 0 Å². The zero-order chi connectivity index (χ0) is 16.5. The molecule has 1 aromatic rings. The van der Waals surface area contributed by atoms with E-state index in [1.807, 2.05) is 25.0 Å². The Bertz CT molecular complexity index is 590. The molecule has 3 fully saturated rings. The third kappa shape index (κ3) is 3.43. The van der Waals surface area contributed by atoms with Gasteiger partial charge in [0.1, 0.15) is 0 Å². The second-order valence-electron chi connectivity index (χ2n) is 7.69. The molecule has 24 heavy (non-hydrogen) atoms. The Balaban J connectivity index is 1.27. The van der Waals surface area contributed by atoms with Crippen LogP contribution < -0.4 is 5.32 Å². The Morgan fingerprint density at radius 3 is 2.83 bits per heavy atom. The standard InChI is InChI=1S/C18H30N6/c1-19-18(20-9-14-5-7-23(11-14)17-3-4-17)24-8-6-15(13-24)16-10-21-22(2)12-16/h10,12,14-15,17H,3-9,11,13H2,1-2H3,(H,19,20). The molecule has 2 aliphatic heterocycles. The molecular weight excluding hydrogens is 300 g/mol. The number of rotatable bonds is 4. The van der Waals surface area contributed by atoms with E-state index in [1.165, 1.54) is 44.3 Å². The first-order valence-electron chi connectivity index (χ1n) is 9.41. The van der Waals surface area contributed by atoms with E-state index >= 15 is 0 Å². The molecule has 3 aliphatic rings. The van der Waals surface area contributed by atoms with Crippen molar-refractivity contribution >= 4 is 5.96 Å². The average Bonchev–Trinajstić information content (AvgIpc) is 3.00. The molecule has 2 saturated heterocycles. The first-order valence-corrected chi connectivity index (χ1v) is 9.41. The maximum Gasteiger partial charge on any atom is 0.193 e. The zero-order valence-electron chi connectivity index (χ0n) is 15.0. The van der Waals surface area contributed by atoms with Gasteiger partial charge in [-0.15, -0.1) is 0 Å². The predicted octanol–water partition coefficient (Wildman–Crippen LogP) is 1.27. The molecule has 3 heterocycles. The van der Waals surface area contributed by atoms with Gasteiger partial charge in [0.25, 0.3) is 0 Å². The van der Waals surface area contributed by atoms with Gasteiger partial charge in [0, 0.05) is 58.4 Å². The first-order chi connectivity index (χ1) is 11.7. The van der Waals surface area contributed by atoms with Crippen LogP contribution >= 0.6 is 0 Å². The number of hydrogen-bond donors (Lipinski definition) is 1. The van der Waals surface area contributed by atoms with Crippen LogP contribution in [0.5, 0.6) is 0 Å². The van der Waals surface area contributed by atoms with Gasteiger partial charge in [-0.25, -0.2) is 0 Å². The van der Waals surface area contributed by atoms with E-state index in [2.05, 4.69) is 31.4 Å². The van der Waals surface area contributed by atoms with Gasteiger partial charge in [-0.1, -0.05) is 0 Å². The summed E-state index contributed by atoms with van der Waals surface area (Å²) in [6, 6.07) is 0.910. The highest BCUT2D eigenvalue weighted by Gasteiger charge is 2.34. The van der Waals surface area contributed by atoms with Crippen molar-refractivity contribution in [3.63, 3.8) is 0 Å². The van der Waals surface area contributed by atoms with Crippen molar-refractivity contribution in [1.29, 1.82) is 0 Å². The van der Waals surface area contributed by atoms with Gasteiger partial charge in [0.05, 0.1) is 6.20 Å². The van der Waals surface area contributed by atoms with Gasteiger partial charge >= 0.3 is 0 Å². The Labute approximate surface area is 144 Å². The van der Waals surface area contributed by atoms with E-state index in [0.717, 1.165) is 37.6 Å². The molecule has 132 valence electrons. The number of hydrogen-bond acceptors (Lipinski definition) is 3. The number of aryl methyl sites for hydroxylation is 1. The van der Waals surface area contributed by atoms with E-state index in [4.69, 9.17) is 0 Å². The van der Waals surface area contributed by atoms with Crippen LogP contribution in [0.1, 0.15) is 37.2 Å². The molecule has 0 radical (unpaired) electrons. The Morgan fingerprint density at radius 1 is 1.25 bits per heavy atom. The fraction of sp³-hybridized carbons (Fsp3) is 0.778. The van der Waals surface area contributed by atoms with Gasteiger partial charge in [0.2, 0.25) is 0 Å². The topological polar surface area (TPSA) is 48.7 Å². The van der Waals surface area contributed by atoms with Crippen LogP contribution in [0.4, 0.5) is 0 Å². The van der Waals surface area contributed by atoms with Crippen LogP contribution in [0.25, 0.3) is 0 Å². The zero-order valence-corrected chi connectivity index (χ0v) is 15.0. The normalized spacial score (nSPS) is 28.8. The summed E-state index contributed by atoms with van der Waals surface area (Å²) in [6.45, 7) is 5.75. The number of aromatic nitrogens is 2. The lowest BCUT2D eigenvalue weighted by Gasteiger charge is -2.23. The third-order valence-electron chi connectivity index (χ3n) is 5.83. The predicted molar refractivity (Wildman–Crippen MR) is 96.2 cm³/mol. The lowest BCUT2D eigenvalue weighted by Crippen LogP contribution is -2.42. The second-order valence-corrected chi connectivity index (χ2v) is 7.69. The summed E-state index contributed by atoms with van der Waals surface area (Å²) in [5.41, 5.74) is 1.35. The summed E-state index contributed by atoms with van der Waals surface area (Å²) < 4.78 is 1.90. The summed E-state index contributed by atoms with van der Waals surface area (Å²) in [5, 5.41) is 7.95. The van der Waals surface area contributed by atoms with Crippen LogP contribution in [0.15, 0.2) is 17.4 Å². The average molecular weight is 330 g/mol. The number of aliphatic imine (C=N–C) groups is 1. The van der Waals surface area contributed by atoms with Gasteiger partial charge in [0.15, 0.2) is 5.96 Å². The quantitative estimate of drug-likeness (QED) is 0.667. The highest BCUT2D eigenvalue weighted by Crippen LogP contribution is 2.31. The van der Waals surface area contributed by atoms with E-state index in [-0.39, 0.29) is 0 Å². The number of nitrogens with one attached hydrogen (secondary N) is 1. The molecule has 1 aromatic heterocycles. The van der Waals surface area contributed by atoms with Crippen LogP contribution in [0.2, 0.25) is 0 Å². The Morgan fingerprint density at radius 2 is 2.12 bits per heavy atom. The summed E-state index contributed by atoms with van der Waals surface area (Å²) in [6.07, 6.45) is 9.52. The maximum absolute atomic E-state index is 4.53. The lowest BCUT2D eigenvalue weighted by atomic mass is 10.0. The van der Waals surface area contributed by atoms with Gasteiger partial charge < -0.3 is 15.1 Å². The third-order valence-corrected chi connectivity index (χ3v) is 5.83. The fourth-order valence-electron chi connectivity index (χ4n) is 4.24. The second kappa shape index (κ2) is 6.75. The van der Waals surface area contributed by atoms with Gasteiger partial charge in [-0.2, -0.15) is 5.10 Å². The monoisotopic (exact) mass is 330 g/mol. The number of likely N-dealkylation sites (tertiary alicyclic amines) is 2. The van der Waals surface area contributed by atoms with E-state index in [9.17, 15) is 0 Å². The van der Waals surface area contributed by atoms with E-state index in [1.54, 1.807) is 0 Å². The van der Waals surface area contributed by atoms with Crippen LogP contribution in [0.3, 0.4) is 0 Å². The van der Waals surface area contributed by atoms with Crippen LogP contribution in [0, 0.1) is 5.92 Å². The van der Waals surface area contributed by atoms with Crippen LogP contribution in [-0.2, 0) is 7.05 Å². The molecule has 1 N–H and O–H groups in total. The van der Waals surface area contributed by atoms with Crippen molar-refractivity contribution < 1.29 is 0 Å². The molecule has 6 nitrogen and oxygen atoms in total. The van der Waals surface area contributed by atoms with Crippen molar-refractivity contribution in [3.8, 4) is 0 Å². The maximum atomic E-state index is 4.53. The number of nitrogens with zero attached hydrogens (tertiary/aromatic N) is 5. The molecule has 0 aromatic carbocycles. The molecule has 0 bridgehead atoms. The molecular formula is C18H30N6. The minimum Gasteiger partial charge on any atom is -0.356 e. The largest absolute Gasteiger partial charge is 0.356 e. The molecule has 4 rings (SSSR count). The summed E-state index contributed by atoms with van der Waals surface area (Å²) in [4.78, 5) is 9.62. The highest BCUT2D eigenvalue weighted by atomic mass is 15.3. The van der Waals surface area contributed by atoms with Crippen molar-refractivity contribution in [2.75, 3.05) is 39.8 Å². The Hall–Kier alpha value is -1.56. The van der Waals surface area contributed by atoms with E-state index in [0.29, 0.717) is 5.92 Å². The van der Waals surface area contributed by atoms with Crippen molar-refractivity contribution in [2.45, 2.75) is 37.6 Å². The van der Waals surface area contributed by atoms with Crippen molar-refractivity contribution in [3.05, 3.63) is 18.0 Å². The minimum atomic E-state index is 0.578. The summed E-state index contributed by atoms with van der Waals surface area (Å²) in [5.74, 6) is 2.43. The SMILES string of the molecule is CN=C(NCC1CCN(C2CC2)C1)N1CCC(c2cnn(C)c2)C1. The lowest BCUT2D eigenvalue weighted by molar-refractivity contribution is 0.313. The van der Waals surface area contributed by atoms with Gasteiger partial charge in [-0.05, 0) is 43.7 Å². The van der Waals surface area contributed by atoms with Crippen molar-refractivity contribution in [2.24, 2.45) is 18.0 Å². The highest BCUT2D eigenvalue weighted by molar-refractivity contribution is 5.80. The van der Waals surface area contributed by atoms with Crippen molar-refractivity contribution in [1.82, 2.24) is 24.9 Å². The minimum absolute atomic E-state index is 0.578. The number of guanidine groups is 1. The Kier molecular flexibility index (Phi) is 4.48. The molecule has 1 aliphatic carbocycles. The van der Waals surface area contributed by atoms with Gasteiger partial charge in [-0.3, -0.25) is 9.67 Å². The summed E-state index contributed by atoms with van der Waals surface area (Å²) >= 11 is 0. The molecule has 0 spiro atoms. The van der Waals surface area contributed by atoms with Crippen LogP contribution in [-0.4, -0.2) is 71.4 Å². The fourth-order valence-corrected chi connectivity index (χ4v) is 4.24. The molecule has 1 saturated carbocycles. The summed E-state index contributed by atoms with van der Waals surface area (Å²) in [7, 11) is 3.90. The first kappa shape index (κ1) is 15.9. The molecule has 2 unspecified atom stereocenters. The molecule has 0 amide bonds. The smallest absolute Gasteiger partial charge is 0.193 e.